The van der Waals surface area contributed by atoms with Gasteiger partial charge in [0.05, 0.1) is 12.3 Å². The first-order valence-corrected chi connectivity index (χ1v) is 5.25. The van der Waals surface area contributed by atoms with Crippen LogP contribution in [-0.4, -0.2) is 33.0 Å². The first-order valence-electron chi connectivity index (χ1n) is 5.25. The molecule has 2 N–H and O–H groups in total. The van der Waals surface area contributed by atoms with E-state index in [1.165, 1.54) is 0 Å². The van der Waals surface area contributed by atoms with Crippen molar-refractivity contribution in [3.05, 3.63) is 23.7 Å². The number of nitrogens with two attached hydrogens (primary N) is 1. The molecule has 1 aliphatic rings. The highest BCUT2D eigenvalue weighted by atomic mass is 16.5. The first kappa shape index (κ1) is 9.68. The Balaban J connectivity index is 2.19. The van der Waals surface area contributed by atoms with Crippen LogP contribution in [0.4, 0.5) is 0 Å². The van der Waals surface area contributed by atoms with Crippen LogP contribution in [0.5, 0.6) is 0 Å². The lowest BCUT2D eigenvalue weighted by Gasteiger charge is -2.18. The van der Waals surface area contributed by atoms with Crippen LogP contribution in [0.1, 0.15) is 17.9 Å². The third kappa shape index (κ3) is 1.30. The van der Waals surface area contributed by atoms with Crippen LogP contribution in [0.3, 0.4) is 0 Å². The molecule has 1 atom stereocenters. The minimum atomic E-state index is -0.555. The van der Waals surface area contributed by atoms with E-state index < -0.39 is 5.54 Å². The van der Waals surface area contributed by atoms with Crippen molar-refractivity contribution in [1.29, 1.82) is 0 Å². The molecule has 0 saturated carbocycles. The Morgan fingerprint density at radius 1 is 1.44 bits per heavy atom. The van der Waals surface area contributed by atoms with Gasteiger partial charge in [0.15, 0.2) is 11.5 Å². The largest absolute Gasteiger partial charge is 0.379 e. The molecule has 6 heteroatoms. The van der Waals surface area contributed by atoms with Gasteiger partial charge in [-0.15, -0.1) is 10.2 Å². The third-order valence-corrected chi connectivity index (χ3v) is 2.89. The fourth-order valence-electron chi connectivity index (χ4n) is 1.95. The fraction of sp³-hybridized carbons (Fsp3) is 0.500. The molecule has 2 aromatic heterocycles. The molecular formula is C10H13N5O. The summed E-state index contributed by atoms with van der Waals surface area (Å²) in [5, 5.41) is 12.6. The smallest absolute Gasteiger partial charge is 0.178 e. The van der Waals surface area contributed by atoms with Gasteiger partial charge in [-0.3, -0.25) is 0 Å². The third-order valence-electron chi connectivity index (χ3n) is 2.89. The minimum absolute atomic E-state index is 0.476. The van der Waals surface area contributed by atoms with Crippen molar-refractivity contribution >= 4 is 5.65 Å². The summed E-state index contributed by atoms with van der Waals surface area (Å²) < 4.78 is 7.04. The lowest BCUT2D eigenvalue weighted by molar-refractivity contribution is 0.175. The molecule has 0 radical (unpaired) electrons. The molecule has 16 heavy (non-hydrogen) atoms. The second-order valence-corrected chi connectivity index (χ2v) is 4.23. The number of fused-ring (bicyclic) bond motifs is 1. The molecule has 3 heterocycles. The Bertz CT molecular complexity index is 529. The second-order valence-electron chi connectivity index (χ2n) is 4.23. The summed E-state index contributed by atoms with van der Waals surface area (Å²) in [4.78, 5) is 0. The summed E-state index contributed by atoms with van der Waals surface area (Å²) >= 11 is 0. The van der Waals surface area contributed by atoms with Gasteiger partial charge in [-0.05, 0) is 25.5 Å². The number of hydrogen-bond donors (Lipinski definition) is 1. The molecule has 6 nitrogen and oxygen atoms in total. The van der Waals surface area contributed by atoms with Gasteiger partial charge in [-0.2, -0.15) is 9.61 Å². The zero-order valence-electron chi connectivity index (χ0n) is 9.05. The number of hydrogen-bond acceptors (Lipinski definition) is 5. The van der Waals surface area contributed by atoms with Crippen molar-refractivity contribution in [1.82, 2.24) is 19.8 Å². The zero-order chi connectivity index (χ0) is 11.2. The predicted molar refractivity (Wildman–Crippen MR) is 56.8 cm³/mol. The Morgan fingerprint density at radius 3 is 3.06 bits per heavy atom. The SMILES string of the molecule is Cc1ccc2nnc(C3(N)CCOC3)n2n1. The number of ether oxygens (including phenoxy) is 1. The number of rotatable bonds is 1. The van der Waals surface area contributed by atoms with E-state index in [4.69, 9.17) is 10.5 Å². The summed E-state index contributed by atoms with van der Waals surface area (Å²) in [7, 11) is 0. The quantitative estimate of drug-likeness (QED) is 0.730. The summed E-state index contributed by atoms with van der Waals surface area (Å²) in [5.74, 6) is 0.684. The standard InChI is InChI=1S/C10H13N5O/c1-7-2-3-8-12-13-9(15(8)14-7)10(11)4-5-16-6-10/h2-3H,4-6,11H2,1H3. The van der Waals surface area contributed by atoms with Gasteiger partial charge in [0.25, 0.3) is 0 Å². The van der Waals surface area contributed by atoms with Crippen LogP contribution in [-0.2, 0) is 10.3 Å². The molecule has 0 spiro atoms. The van der Waals surface area contributed by atoms with Crippen molar-refractivity contribution in [3.8, 4) is 0 Å². The van der Waals surface area contributed by atoms with E-state index in [0.717, 1.165) is 17.8 Å². The van der Waals surface area contributed by atoms with E-state index in [2.05, 4.69) is 15.3 Å². The molecule has 0 bridgehead atoms. The van der Waals surface area contributed by atoms with Crippen LogP contribution in [0.25, 0.3) is 5.65 Å². The van der Waals surface area contributed by atoms with E-state index in [1.54, 1.807) is 4.52 Å². The molecule has 0 aromatic carbocycles. The van der Waals surface area contributed by atoms with Gasteiger partial charge in [-0.25, -0.2) is 0 Å². The zero-order valence-corrected chi connectivity index (χ0v) is 9.05. The maximum absolute atomic E-state index is 6.25. The fourth-order valence-corrected chi connectivity index (χ4v) is 1.95. The molecule has 3 rings (SSSR count). The molecule has 0 aliphatic carbocycles. The van der Waals surface area contributed by atoms with E-state index in [1.807, 2.05) is 19.1 Å². The highest BCUT2D eigenvalue weighted by molar-refractivity contribution is 5.37. The van der Waals surface area contributed by atoms with Crippen molar-refractivity contribution in [2.24, 2.45) is 5.73 Å². The van der Waals surface area contributed by atoms with Gasteiger partial charge in [0.1, 0.15) is 5.54 Å². The average Bonchev–Trinajstić information content (AvgIpc) is 2.84. The van der Waals surface area contributed by atoms with Gasteiger partial charge in [0.2, 0.25) is 0 Å². The first-order chi connectivity index (χ1) is 7.69. The summed E-state index contributed by atoms with van der Waals surface area (Å²) in [6.07, 6.45) is 0.753. The van der Waals surface area contributed by atoms with Gasteiger partial charge < -0.3 is 10.5 Å². The molecule has 0 amide bonds. The Morgan fingerprint density at radius 2 is 2.31 bits per heavy atom. The Labute approximate surface area is 92.4 Å². The maximum atomic E-state index is 6.25. The van der Waals surface area contributed by atoms with Crippen molar-refractivity contribution in [2.75, 3.05) is 13.2 Å². The lowest BCUT2D eigenvalue weighted by Crippen LogP contribution is -2.39. The van der Waals surface area contributed by atoms with Crippen LogP contribution < -0.4 is 5.73 Å². The lowest BCUT2D eigenvalue weighted by atomic mass is 10.00. The Kier molecular flexibility index (Phi) is 1.95. The molecule has 2 aromatic rings. The van der Waals surface area contributed by atoms with Gasteiger partial charge in [0, 0.05) is 6.61 Å². The van der Waals surface area contributed by atoms with E-state index in [-0.39, 0.29) is 0 Å². The monoisotopic (exact) mass is 219 g/mol. The number of aryl methyl sites for hydroxylation is 1. The summed E-state index contributed by atoms with van der Waals surface area (Å²) in [6, 6.07) is 3.79. The minimum Gasteiger partial charge on any atom is -0.379 e. The topological polar surface area (TPSA) is 78.3 Å². The normalized spacial score (nSPS) is 25.4. The maximum Gasteiger partial charge on any atom is 0.178 e. The Hall–Kier alpha value is -1.53. The van der Waals surface area contributed by atoms with Crippen molar-refractivity contribution < 1.29 is 4.74 Å². The van der Waals surface area contributed by atoms with E-state index >= 15 is 0 Å². The molecule has 1 aliphatic heterocycles. The predicted octanol–water partition coefficient (Wildman–Crippen LogP) is 0.00702. The van der Waals surface area contributed by atoms with Crippen LogP contribution in [0.2, 0.25) is 0 Å². The second kappa shape index (κ2) is 3.23. The molecule has 1 fully saturated rings. The summed E-state index contributed by atoms with van der Waals surface area (Å²) in [6.45, 7) is 3.07. The van der Waals surface area contributed by atoms with Gasteiger partial charge in [-0.1, -0.05) is 0 Å². The average molecular weight is 219 g/mol. The van der Waals surface area contributed by atoms with Gasteiger partial charge >= 0.3 is 0 Å². The molecule has 1 unspecified atom stereocenters. The van der Waals surface area contributed by atoms with Crippen LogP contribution >= 0.6 is 0 Å². The number of nitrogens with zero attached hydrogens (tertiary/aromatic N) is 4. The van der Waals surface area contributed by atoms with Crippen molar-refractivity contribution in [3.63, 3.8) is 0 Å². The molecule has 1 saturated heterocycles. The highest BCUT2D eigenvalue weighted by Crippen LogP contribution is 2.25. The molecule has 84 valence electrons. The molecular weight excluding hydrogens is 206 g/mol. The van der Waals surface area contributed by atoms with Crippen LogP contribution in [0, 0.1) is 6.92 Å². The summed E-state index contributed by atoms with van der Waals surface area (Å²) in [5.41, 5.74) is 7.33. The number of aromatic nitrogens is 4. The van der Waals surface area contributed by atoms with Crippen molar-refractivity contribution in [2.45, 2.75) is 18.9 Å². The van der Waals surface area contributed by atoms with E-state index in [9.17, 15) is 0 Å². The highest BCUT2D eigenvalue weighted by Gasteiger charge is 2.37. The van der Waals surface area contributed by atoms with Crippen LogP contribution in [0.15, 0.2) is 12.1 Å². The van der Waals surface area contributed by atoms with E-state index in [0.29, 0.717) is 19.0 Å².